The molecule has 1 aromatic heterocycles. The Morgan fingerprint density at radius 3 is 2.47 bits per heavy atom. The molecule has 0 spiro atoms. The lowest BCUT2D eigenvalue weighted by Gasteiger charge is -2.38. The van der Waals surface area contributed by atoms with Gasteiger partial charge in [-0.15, -0.1) is 0 Å². The smallest absolute Gasteiger partial charge is 0.339 e. The maximum absolute atomic E-state index is 11.3. The average Bonchev–Trinajstić information content (AvgIpc) is 2.38. The highest BCUT2D eigenvalue weighted by atomic mass is 16.4. The molecule has 0 saturated carbocycles. The van der Waals surface area contributed by atoms with Gasteiger partial charge in [-0.1, -0.05) is 0 Å². The lowest BCUT2D eigenvalue weighted by molar-refractivity contribution is 0.0697. The highest BCUT2D eigenvalue weighted by Crippen LogP contribution is 2.22. The topological polar surface area (TPSA) is 56.7 Å². The molecule has 1 aliphatic heterocycles. The van der Waals surface area contributed by atoms with Crippen LogP contribution < -0.4 is 4.90 Å². The molecule has 104 valence electrons. The minimum absolute atomic E-state index is 0.295. The summed E-state index contributed by atoms with van der Waals surface area (Å²) in [6, 6.07) is 2.41. The third-order valence-electron chi connectivity index (χ3n) is 3.63. The number of aromatic carboxylic acids is 1. The summed E-state index contributed by atoms with van der Waals surface area (Å²) in [6.07, 6.45) is 1.46. The van der Waals surface area contributed by atoms with Crippen molar-refractivity contribution >= 4 is 11.7 Å². The van der Waals surface area contributed by atoms with Crippen molar-refractivity contribution in [3.8, 4) is 0 Å². The van der Waals surface area contributed by atoms with Gasteiger partial charge < -0.3 is 10.0 Å². The van der Waals surface area contributed by atoms with Gasteiger partial charge in [0.05, 0.1) is 5.69 Å². The van der Waals surface area contributed by atoms with E-state index in [-0.39, 0.29) is 0 Å². The molecular weight excluding hydrogens is 242 g/mol. The van der Waals surface area contributed by atoms with Gasteiger partial charge in [0.15, 0.2) is 0 Å². The molecule has 0 amide bonds. The fourth-order valence-electron chi connectivity index (χ4n) is 2.45. The molecule has 0 aliphatic carbocycles. The number of carboxylic acids is 1. The number of hydrogen-bond acceptors (Lipinski definition) is 4. The van der Waals surface area contributed by atoms with E-state index in [1.807, 2.05) is 13.0 Å². The Hall–Kier alpha value is -1.62. The minimum atomic E-state index is -0.909. The first-order chi connectivity index (χ1) is 8.99. The van der Waals surface area contributed by atoms with Crippen molar-refractivity contribution < 1.29 is 9.90 Å². The predicted molar refractivity (Wildman–Crippen MR) is 74.9 cm³/mol. The standard InChI is InChI=1S/C14H21N3O2/c1-10(2)16-4-6-17(7-5-16)13-8-11(3)15-9-12(13)14(18)19/h8-10H,4-7H2,1-3H3,(H,18,19). The Kier molecular flexibility index (Phi) is 4.04. The van der Waals surface area contributed by atoms with Crippen LogP contribution in [0.4, 0.5) is 5.69 Å². The zero-order chi connectivity index (χ0) is 14.0. The molecule has 0 unspecified atom stereocenters. The van der Waals surface area contributed by atoms with Crippen molar-refractivity contribution in [3.63, 3.8) is 0 Å². The van der Waals surface area contributed by atoms with E-state index in [2.05, 4.69) is 28.6 Å². The Bertz CT molecular complexity index is 466. The van der Waals surface area contributed by atoms with Crippen molar-refractivity contribution in [2.45, 2.75) is 26.8 Å². The number of hydrogen-bond donors (Lipinski definition) is 1. The maximum Gasteiger partial charge on any atom is 0.339 e. The number of carbonyl (C=O) groups is 1. The Balaban J connectivity index is 2.19. The summed E-state index contributed by atoms with van der Waals surface area (Å²) in [5.74, 6) is -0.909. The van der Waals surface area contributed by atoms with Crippen LogP contribution in [0.15, 0.2) is 12.3 Å². The number of pyridine rings is 1. The van der Waals surface area contributed by atoms with Gasteiger partial charge in [-0.2, -0.15) is 0 Å². The number of nitrogens with zero attached hydrogens (tertiary/aromatic N) is 3. The highest BCUT2D eigenvalue weighted by Gasteiger charge is 2.22. The van der Waals surface area contributed by atoms with Crippen LogP contribution in [0.1, 0.15) is 29.9 Å². The molecule has 0 bridgehead atoms. The van der Waals surface area contributed by atoms with Crippen LogP contribution in [0.2, 0.25) is 0 Å². The average molecular weight is 263 g/mol. The number of anilines is 1. The number of rotatable bonds is 3. The maximum atomic E-state index is 11.3. The molecule has 1 N–H and O–H groups in total. The molecule has 2 rings (SSSR count). The number of aryl methyl sites for hydroxylation is 1. The molecule has 0 radical (unpaired) electrons. The van der Waals surface area contributed by atoms with Gasteiger partial charge in [0.25, 0.3) is 0 Å². The van der Waals surface area contributed by atoms with Gasteiger partial charge in [0.2, 0.25) is 0 Å². The molecule has 5 nitrogen and oxygen atoms in total. The van der Waals surface area contributed by atoms with Crippen LogP contribution in [-0.4, -0.2) is 53.2 Å². The van der Waals surface area contributed by atoms with Crippen molar-refractivity contribution in [1.82, 2.24) is 9.88 Å². The molecule has 0 aromatic carbocycles. The molecule has 0 atom stereocenters. The summed E-state index contributed by atoms with van der Waals surface area (Å²) in [4.78, 5) is 19.9. The molecular formula is C14H21N3O2. The van der Waals surface area contributed by atoms with Crippen LogP contribution in [-0.2, 0) is 0 Å². The fourth-order valence-corrected chi connectivity index (χ4v) is 2.45. The van der Waals surface area contributed by atoms with E-state index in [0.717, 1.165) is 37.6 Å². The van der Waals surface area contributed by atoms with Crippen LogP contribution >= 0.6 is 0 Å². The Morgan fingerprint density at radius 2 is 1.95 bits per heavy atom. The lowest BCUT2D eigenvalue weighted by Crippen LogP contribution is -2.49. The van der Waals surface area contributed by atoms with Crippen LogP contribution in [0.25, 0.3) is 0 Å². The summed E-state index contributed by atoms with van der Waals surface area (Å²) in [7, 11) is 0. The second-order valence-corrected chi connectivity index (χ2v) is 5.26. The molecule has 1 fully saturated rings. The first-order valence-electron chi connectivity index (χ1n) is 6.68. The van der Waals surface area contributed by atoms with Gasteiger partial charge in [0.1, 0.15) is 5.56 Å². The zero-order valence-corrected chi connectivity index (χ0v) is 11.8. The van der Waals surface area contributed by atoms with Crippen LogP contribution in [0, 0.1) is 6.92 Å². The monoisotopic (exact) mass is 263 g/mol. The van der Waals surface area contributed by atoms with Crippen molar-refractivity contribution in [2.24, 2.45) is 0 Å². The SMILES string of the molecule is Cc1cc(N2CCN(C(C)C)CC2)c(C(=O)O)cn1. The van der Waals surface area contributed by atoms with Crippen LogP contribution in [0.3, 0.4) is 0 Å². The van der Waals surface area contributed by atoms with E-state index in [9.17, 15) is 9.90 Å². The van der Waals surface area contributed by atoms with Gasteiger partial charge >= 0.3 is 5.97 Å². The van der Waals surface area contributed by atoms with Crippen molar-refractivity contribution in [3.05, 3.63) is 23.5 Å². The summed E-state index contributed by atoms with van der Waals surface area (Å²) in [5, 5.41) is 9.25. The number of aromatic nitrogens is 1. The van der Waals surface area contributed by atoms with E-state index in [0.29, 0.717) is 11.6 Å². The molecule has 1 aromatic rings. The Morgan fingerprint density at radius 1 is 1.32 bits per heavy atom. The molecule has 19 heavy (non-hydrogen) atoms. The molecule has 2 heterocycles. The largest absolute Gasteiger partial charge is 0.478 e. The first-order valence-corrected chi connectivity index (χ1v) is 6.68. The van der Waals surface area contributed by atoms with Gasteiger partial charge in [-0.05, 0) is 26.8 Å². The minimum Gasteiger partial charge on any atom is -0.478 e. The fraction of sp³-hybridized carbons (Fsp3) is 0.571. The van der Waals surface area contributed by atoms with E-state index < -0.39 is 5.97 Å². The van der Waals surface area contributed by atoms with Crippen LogP contribution in [0.5, 0.6) is 0 Å². The summed E-state index contributed by atoms with van der Waals surface area (Å²) < 4.78 is 0. The van der Waals surface area contributed by atoms with E-state index >= 15 is 0 Å². The van der Waals surface area contributed by atoms with Crippen molar-refractivity contribution in [1.29, 1.82) is 0 Å². The zero-order valence-electron chi connectivity index (χ0n) is 11.8. The van der Waals surface area contributed by atoms with Gasteiger partial charge in [-0.25, -0.2) is 4.79 Å². The highest BCUT2D eigenvalue weighted by molar-refractivity contribution is 5.94. The second kappa shape index (κ2) is 5.57. The summed E-state index contributed by atoms with van der Waals surface area (Å²) in [6.45, 7) is 9.93. The molecule has 5 heteroatoms. The lowest BCUT2D eigenvalue weighted by atomic mass is 10.1. The van der Waals surface area contributed by atoms with Gasteiger partial charge in [-0.3, -0.25) is 9.88 Å². The summed E-state index contributed by atoms with van der Waals surface area (Å²) >= 11 is 0. The van der Waals surface area contributed by atoms with E-state index in [1.54, 1.807) is 0 Å². The second-order valence-electron chi connectivity index (χ2n) is 5.26. The third-order valence-corrected chi connectivity index (χ3v) is 3.63. The predicted octanol–water partition coefficient (Wildman–Crippen LogP) is 1.62. The molecule has 1 saturated heterocycles. The number of piperazine rings is 1. The van der Waals surface area contributed by atoms with Crippen molar-refractivity contribution in [2.75, 3.05) is 31.1 Å². The third kappa shape index (κ3) is 3.04. The quantitative estimate of drug-likeness (QED) is 0.898. The molecule has 1 aliphatic rings. The Labute approximate surface area is 113 Å². The van der Waals surface area contributed by atoms with Gasteiger partial charge in [0, 0.05) is 44.1 Å². The normalized spacial score (nSPS) is 16.9. The first kappa shape index (κ1) is 13.8. The number of carboxylic acid groups (broad SMARTS) is 1. The van der Waals surface area contributed by atoms with E-state index in [1.165, 1.54) is 6.20 Å². The summed E-state index contributed by atoms with van der Waals surface area (Å²) in [5.41, 5.74) is 1.94. The van der Waals surface area contributed by atoms with E-state index in [4.69, 9.17) is 0 Å².